The molecule has 2 atom stereocenters. The zero-order chi connectivity index (χ0) is 30.1. The molecule has 2 aromatic heterocycles. The number of nitrogen functional groups attached to an aromatic ring is 1. The van der Waals surface area contributed by atoms with Gasteiger partial charge < -0.3 is 37.0 Å². The third kappa shape index (κ3) is 8.70. The Bertz CT molecular complexity index is 1520. The van der Waals surface area contributed by atoms with Gasteiger partial charge in [0.15, 0.2) is 11.2 Å². The molecule has 0 saturated carbocycles. The molecule has 0 saturated heterocycles. The summed E-state index contributed by atoms with van der Waals surface area (Å²) in [6.07, 6.45) is -0.350. The number of anilines is 2. The van der Waals surface area contributed by atoms with Crippen molar-refractivity contribution in [3.63, 3.8) is 0 Å². The molecular formula is C24H26N8O9. The topological polar surface area (TPSA) is 280 Å². The number of nitrogens with zero attached hydrogens (tertiary/aromatic N) is 3. The Kier molecular flexibility index (Phi) is 9.82. The summed E-state index contributed by atoms with van der Waals surface area (Å²) < 4.78 is 0. The number of carbonyl (C=O) groups excluding carboxylic acids is 2. The van der Waals surface area contributed by atoms with Gasteiger partial charge in [-0.05, 0) is 37.1 Å². The Labute approximate surface area is 230 Å². The van der Waals surface area contributed by atoms with Crippen LogP contribution in [0.5, 0.6) is 0 Å². The monoisotopic (exact) mass is 570 g/mol. The number of carbonyl (C=O) groups is 5. The van der Waals surface area contributed by atoms with Gasteiger partial charge in [-0.2, -0.15) is 4.98 Å². The van der Waals surface area contributed by atoms with Gasteiger partial charge in [-0.25, -0.2) is 14.8 Å². The number of rotatable bonds is 14. The molecule has 17 heteroatoms. The van der Waals surface area contributed by atoms with Gasteiger partial charge in [0.2, 0.25) is 11.9 Å². The zero-order valence-corrected chi connectivity index (χ0v) is 21.3. The molecule has 2 heterocycles. The Hall–Kier alpha value is -5.61. The summed E-state index contributed by atoms with van der Waals surface area (Å²) in [6.45, 7) is 0.169. The number of fused-ring (bicyclic) bond motifs is 1. The molecule has 0 fully saturated rings. The van der Waals surface area contributed by atoms with Gasteiger partial charge in [0.25, 0.3) is 11.5 Å². The van der Waals surface area contributed by atoms with Crippen LogP contribution in [0.1, 0.15) is 41.7 Å². The second-order valence-corrected chi connectivity index (χ2v) is 8.71. The first-order valence-electron chi connectivity index (χ1n) is 12.1. The van der Waals surface area contributed by atoms with Crippen molar-refractivity contribution in [2.45, 2.75) is 44.3 Å². The first kappa shape index (κ1) is 29.9. The minimum atomic E-state index is -1.55. The van der Waals surface area contributed by atoms with Crippen molar-refractivity contribution in [1.82, 2.24) is 30.6 Å². The van der Waals surface area contributed by atoms with Gasteiger partial charge in [-0.15, -0.1) is 0 Å². The number of carboxylic acid groups (broad SMARTS) is 3. The Morgan fingerprint density at radius 1 is 0.902 bits per heavy atom. The van der Waals surface area contributed by atoms with Gasteiger partial charge in [0.05, 0.1) is 18.4 Å². The van der Waals surface area contributed by atoms with Crippen molar-refractivity contribution in [3.05, 3.63) is 52.1 Å². The number of nitrogens with one attached hydrogen (secondary N) is 4. The highest BCUT2D eigenvalue weighted by atomic mass is 16.4. The molecule has 17 nitrogen and oxygen atoms in total. The quantitative estimate of drug-likeness (QED) is 0.119. The lowest BCUT2D eigenvalue weighted by Gasteiger charge is -2.21. The van der Waals surface area contributed by atoms with E-state index in [2.05, 4.69) is 35.9 Å². The SMILES string of the molecule is Nc1nc2ncc(CNc3ccc(C(=O)NC(CCC(=O)O)C(=O)NC(CCC(=O)O)C(=O)O)cc3)nc2c(=O)[nH]1. The number of aromatic nitrogens is 4. The highest BCUT2D eigenvalue weighted by Crippen LogP contribution is 2.13. The van der Waals surface area contributed by atoms with E-state index in [9.17, 15) is 33.9 Å². The van der Waals surface area contributed by atoms with Gasteiger partial charge in [0, 0.05) is 24.1 Å². The molecule has 3 rings (SSSR count). The number of carboxylic acids is 3. The molecule has 0 aliphatic carbocycles. The standard InChI is InChI=1S/C24H26N8O9/c25-24-31-19-18(22(39)32-24)28-13(10-27-19)9-26-12-3-1-11(2-4-12)20(37)29-14(5-7-16(33)34)21(38)30-15(23(40)41)6-8-17(35)36/h1-4,10,14-15,26H,5-9H2,(H,29,37)(H,30,38)(H,33,34)(H,35,36)(H,40,41)(H3,25,27,31,32,39). The molecule has 1 aromatic carbocycles. The van der Waals surface area contributed by atoms with Crippen LogP contribution < -0.4 is 27.2 Å². The molecule has 0 spiro atoms. The molecule has 9 N–H and O–H groups in total. The molecule has 0 aliphatic heterocycles. The minimum absolute atomic E-state index is 0.0172. The maximum absolute atomic E-state index is 12.8. The first-order chi connectivity index (χ1) is 19.4. The van der Waals surface area contributed by atoms with E-state index < -0.39 is 66.6 Å². The van der Waals surface area contributed by atoms with E-state index in [1.165, 1.54) is 18.3 Å². The van der Waals surface area contributed by atoms with Crippen LogP contribution >= 0.6 is 0 Å². The van der Waals surface area contributed by atoms with Crippen LogP contribution in [0.25, 0.3) is 11.2 Å². The van der Waals surface area contributed by atoms with Gasteiger partial charge in [-0.1, -0.05) is 0 Å². The number of H-pyrrole nitrogens is 1. The molecule has 0 bridgehead atoms. The molecule has 41 heavy (non-hydrogen) atoms. The average molecular weight is 571 g/mol. The largest absolute Gasteiger partial charge is 0.481 e. The lowest BCUT2D eigenvalue weighted by atomic mass is 10.1. The Morgan fingerprint density at radius 3 is 2.15 bits per heavy atom. The number of aliphatic carboxylic acids is 3. The Morgan fingerprint density at radius 2 is 1.54 bits per heavy atom. The van der Waals surface area contributed by atoms with E-state index in [1.54, 1.807) is 12.1 Å². The Balaban J connectivity index is 1.64. The lowest BCUT2D eigenvalue weighted by Crippen LogP contribution is -2.51. The van der Waals surface area contributed by atoms with Crippen LogP contribution in [0, 0.1) is 0 Å². The average Bonchev–Trinajstić information content (AvgIpc) is 2.91. The fourth-order valence-electron chi connectivity index (χ4n) is 3.56. The number of hydrogen-bond donors (Lipinski definition) is 8. The summed E-state index contributed by atoms with van der Waals surface area (Å²) >= 11 is 0. The molecule has 2 unspecified atom stereocenters. The molecule has 2 amide bonds. The van der Waals surface area contributed by atoms with Crippen LogP contribution in [0.15, 0.2) is 35.3 Å². The van der Waals surface area contributed by atoms with Crippen LogP contribution in [-0.2, 0) is 25.7 Å². The fraction of sp³-hybridized carbons (Fsp3) is 0.292. The van der Waals surface area contributed by atoms with Crippen LogP contribution in [-0.4, -0.2) is 77.1 Å². The molecule has 0 aliphatic rings. The summed E-state index contributed by atoms with van der Waals surface area (Å²) in [5.41, 5.74) is 6.17. The predicted molar refractivity (Wildman–Crippen MR) is 141 cm³/mol. The van der Waals surface area contributed by atoms with Gasteiger partial charge >= 0.3 is 17.9 Å². The van der Waals surface area contributed by atoms with Crippen LogP contribution in [0.3, 0.4) is 0 Å². The van der Waals surface area contributed by atoms with Gasteiger partial charge in [-0.3, -0.25) is 29.0 Å². The van der Waals surface area contributed by atoms with Crippen molar-refractivity contribution in [1.29, 1.82) is 0 Å². The van der Waals surface area contributed by atoms with Crippen molar-refractivity contribution in [2.24, 2.45) is 0 Å². The highest BCUT2D eigenvalue weighted by Gasteiger charge is 2.27. The number of nitrogens with two attached hydrogens (primary N) is 1. The molecule has 3 aromatic rings. The third-order valence-electron chi connectivity index (χ3n) is 5.64. The van der Waals surface area contributed by atoms with Crippen molar-refractivity contribution >= 4 is 52.5 Å². The number of aromatic amines is 1. The van der Waals surface area contributed by atoms with Crippen LogP contribution in [0.2, 0.25) is 0 Å². The zero-order valence-electron chi connectivity index (χ0n) is 21.3. The highest BCUT2D eigenvalue weighted by molar-refractivity contribution is 5.98. The smallest absolute Gasteiger partial charge is 0.326 e. The molecular weight excluding hydrogens is 544 g/mol. The molecule has 0 radical (unpaired) electrons. The third-order valence-corrected chi connectivity index (χ3v) is 5.64. The normalized spacial score (nSPS) is 12.2. The first-order valence-corrected chi connectivity index (χ1v) is 12.1. The van der Waals surface area contributed by atoms with Crippen LogP contribution in [0.4, 0.5) is 11.6 Å². The van der Waals surface area contributed by atoms with E-state index in [0.717, 1.165) is 0 Å². The van der Waals surface area contributed by atoms with E-state index in [4.69, 9.17) is 15.9 Å². The van der Waals surface area contributed by atoms with Crippen molar-refractivity contribution < 1.29 is 39.3 Å². The summed E-state index contributed by atoms with van der Waals surface area (Å²) in [5, 5.41) is 34.7. The van der Waals surface area contributed by atoms with Crippen molar-refractivity contribution in [2.75, 3.05) is 11.1 Å². The van der Waals surface area contributed by atoms with E-state index in [1.807, 2.05) is 0 Å². The number of benzene rings is 1. The van der Waals surface area contributed by atoms with Crippen molar-refractivity contribution in [3.8, 4) is 0 Å². The maximum atomic E-state index is 12.8. The van der Waals surface area contributed by atoms with E-state index in [0.29, 0.717) is 11.4 Å². The minimum Gasteiger partial charge on any atom is -0.481 e. The summed E-state index contributed by atoms with van der Waals surface area (Å²) in [7, 11) is 0. The summed E-state index contributed by atoms with van der Waals surface area (Å²) in [4.78, 5) is 85.3. The van der Waals surface area contributed by atoms with Gasteiger partial charge in [0.1, 0.15) is 12.1 Å². The summed E-state index contributed by atoms with van der Waals surface area (Å²) in [6, 6.07) is 3.02. The second-order valence-electron chi connectivity index (χ2n) is 8.71. The second kappa shape index (κ2) is 13.5. The van der Waals surface area contributed by atoms with E-state index >= 15 is 0 Å². The predicted octanol–water partition coefficient (Wildman–Crippen LogP) is -0.695. The van der Waals surface area contributed by atoms with E-state index in [-0.39, 0.29) is 35.6 Å². The number of amides is 2. The fourth-order valence-corrected chi connectivity index (χ4v) is 3.56. The molecule has 216 valence electrons. The summed E-state index contributed by atoms with van der Waals surface area (Å²) in [5.74, 6) is -5.76. The number of hydrogen-bond acceptors (Lipinski definition) is 11. The lowest BCUT2D eigenvalue weighted by molar-refractivity contribution is -0.143. The maximum Gasteiger partial charge on any atom is 0.326 e.